The summed E-state index contributed by atoms with van der Waals surface area (Å²) >= 11 is 0. The summed E-state index contributed by atoms with van der Waals surface area (Å²) in [4.78, 5) is 33.3. The number of carbonyl (C=O) groups excluding carboxylic acids is 2. The van der Waals surface area contributed by atoms with Gasteiger partial charge in [0.05, 0.1) is 23.5 Å². The molecule has 0 amide bonds. The van der Waals surface area contributed by atoms with Gasteiger partial charge in [0.2, 0.25) is 0 Å². The molecule has 136 valence electrons. The third-order valence-corrected chi connectivity index (χ3v) is 3.11. The molecule has 2 rings (SSSR count). The van der Waals surface area contributed by atoms with Crippen LogP contribution in [0.3, 0.4) is 0 Å². The maximum Gasteiger partial charge on any atom is 0.311 e. The molecule has 2 aromatic carbocycles. The lowest BCUT2D eigenvalue weighted by Crippen LogP contribution is -2.14. The molecule has 2 N–H and O–H groups in total. The molecule has 0 heterocycles. The second kappa shape index (κ2) is 8.55. The SMILES string of the molecule is O=C(CCC(=O)Oc1ccc([N+](=O)[O-])cc1)Oc1ccc(N(O)O)cc1. The molecule has 0 saturated carbocycles. The number of esters is 2. The zero-order chi connectivity index (χ0) is 19.1. The van der Waals surface area contributed by atoms with E-state index in [4.69, 9.17) is 19.9 Å². The van der Waals surface area contributed by atoms with Crippen molar-refractivity contribution in [1.29, 1.82) is 0 Å². The van der Waals surface area contributed by atoms with Crippen molar-refractivity contribution in [2.24, 2.45) is 0 Å². The van der Waals surface area contributed by atoms with Crippen molar-refractivity contribution < 1.29 is 34.4 Å². The summed E-state index contributed by atoms with van der Waals surface area (Å²) in [6, 6.07) is 10.3. The molecule has 0 aliphatic heterocycles. The van der Waals surface area contributed by atoms with Crippen LogP contribution in [0.5, 0.6) is 11.5 Å². The van der Waals surface area contributed by atoms with Crippen molar-refractivity contribution in [1.82, 2.24) is 0 Å². The van der Waals surface area contributed by atoms with Gasteiger partial charge in [-0.2, -0.15) is 0 Å². The van der Waals surface area contributed by atoms with Crippen molar-refractivity contribution in [2.45, 2.75) is 12.8 Å². The van der Waals surface area contributed by atoms with E-state index in [9.17, 15) is 19.7 Å². The number of anilines is 1. The molecule has 0 spiro atoms. The molecule has 0 radical (unpaired) electrons. The Hall–Kier alpha value is -3.50. The van der Waals surface area contributed by atoms with Crippen LogP contribution in [0.25, 0.3) is 0 Å². The van der Waals surface area contributed by atoms with Crippen LogP contribution < -0.4 is 14.7 Å². The summed E-state index contributed by atoms with van der Waals surface area (Å²) in [6.45, 7) is 0. The molecular formula is C16H14N2O8. The molecule has 10 nitrogen and oxygen atoms in total. The van der Waals surface area contributed by atoms with Crippen LogP contribution in [0.1, 0.15) is 12.8 Å². The van der Waals surface area contributed by atoms with Gasteiger partial charge in [0, 0.05) is 12.1 Å². The van der Waals surface area contributed by atoms with Gasteiger partial charge in [0.25, 0.3) is 5.69 Å². The Morgan fingerprint density at radius 3 is 1.69 bits per heavy atom. The van der Waals surface area contributed by atoms with Crippen molar-refractivity contribution in [3.05, 3.63) is 58.6 Å². The van der Waals surface area contributed by atoms with E-state index in [0.29, 0.717) is 0 Å². The predicted octanol–water partition coefficient (Wildman–Crippen LogP) is 2.47. The van der Waals surface area contributed by atoms with Crippen LogP contribution in [0.4, 0.5) is 11.4 Å². The summed E-state index contributed by atoms with van der Waals surface area (Å²) in [6.07, 6.45) is -0.478. The number of hydrogen-bond acceptors (Lipinski definition) is 9. The highest BCUT2D eigenvalue weighted by atomic mass is 16.8. The van der Waals surface area contributed by atoms with Gasteiger partial charge in [0.1, 0.15) is 11.5 Å². The number of rotatable bonds is 7. The molecule has 0 atom stereocenters. The van der Waals surface area contributed by atoms with Crippen LogP contribution in [-0.2, 0) is 9.59 Å². The first-order valence-electron chi connectivity index (χ1n) is 7.29. The fourth-order valence-corrected chi connectivity index (χ4v) is 1.85. The van der Waals surface area contributed by atoms with Gasteiger partial charge in [-0.1, -0.05) is 0 Å². The van der Waals surface area contributed by atoms with Crippen LogP contribution in [0.2, 0.25) is 0 Å². The average Bonchev–Trinajstić information content (AvgIpc) is 2.61. The van der Waals surface area contributed by atoms with E-state index in [1.807, 2.05) is 0 Å². The summed E-state index contributed by atoms with van der Waals surface area (Å²) in [5.41, 5.74) is -0.0543. The van der Waals surface area contributed by atoms with Crippen molar-refractivity contribution in [3.63, 3.8) is 0 Å². The van der Waals surface area contributed by atoms with Gasteiger partial charge >= 0.3 is 11.9 Å². The molecule has 2 aromatic rings. The minimum Gasteiger partial charge on any atom is -0.427 e. The highest BCUT2D eigenvalue weighted by Gasteiger charge is 2.12. The molecular weight excluding hydrogens is 348 g/mol. The van der Waals surface area contributed by atoms with E-state index >= 15 is 0 Å². The number of carbonyl (C=O) groups is 2. The number of benzene rings is 2. The number of nitrogens with zero attached hydrogens (tertiary/aromatic N) is 2. The summed E-state index contributed by atoms with van der Waals surface area (Å²) in [5.74, 6) is -1.07. The molecule has 0 saturated heterocycles. The Balaban J connectivity index is 1.79. The van der Waals surface area contributed by atoms with E-state index < -0.39 is 16.9 Å². The van der Waals surface area contributed by atoms with Crippen LogP contribution in [0, 0.1) is 10.1 Å². The summed E-state index contributed by atoms with van der Waals surface area (Å²) in [5, 5.41) is 28.1. The second-order valence-electron chi connectivity index (χ2n) is 4.98. The van der Waals surface area contributed by atoms with Crippen molar-refractivity contribution in [3.8, 4) is 11.5 Å². The van der Waals surface area contributed by atoms with E-state index in [0.717, 1.165) is 0 Å². The van der Waals surface area contributed by atoms with Crippen LogP contribution in [0.15, 0.2) is 48.5 Å². The average molecular weight is 362 g/mol. The third kappa shape index (κ3) is 5.54. The normalized spacial score (nSPS) is 10.1. The standard InChI is InChI=1S/C16H14N2O8/c19-15(25-13-5-1-11(2-6-13)17(21)22)9-10-16(20)26-14-7-3-12(4-8-14)18(23)24/h1-8,21-22H,9-10H2. The van der Waals surface area contributed by atoms with Crippen LogP contribution >= 0.6 is 0 Å². The first-order chi connectivity index (χ1) is 12.3. The van der Waals surface area contributed by atoms with Crippen molar-refractivity contribution in [2.75, 3.05) is 5.23 Å². The van der Waals surface area contributed by atoms with E-state index in [2.05, 4.69) is 0 Å². The first-order valence-corrected chi connectivity index (χ1v) is 7.29. The summed E-state index contributed by atoms with van der Waals surface area (Å²) < 4.78 is 9.95. The Labute approximate surface area is 146 Å². The monoisotopic (exact) mass is 362 g/mol. The van der Waals surface area contributed by atoms with Gasteiger partial charge in [-0.3, -0.25) is 30.1 Å². The van der Waals surface area contributed by atoms with Gasteiger partial charge in [0.15, 0.2) is 0 Å². The lowest BCUT2D eigenvalue weighted by molar-refractivity contribution is -0.384. The fourth-order valence-electron chi connectivity index (χ4n) is 1.85. The van der Waals surface area contributed by atoms with Gasteiger partial charge in [-0.05, 0) is 36.4 Å². The second-order valence-corrected chi connectivity index (χ2v) is 4.98. The van der Waals surface area contributed by atoms with Gasteiger partial charge < -0.3 is 9.47 Å². The third-order valence-electron chi connectivity index (χ3n) is 3.11. The quantitative estimate of drug-likeness (QED) is 0.329. The number of hydrogen-bond donors (Lipinski definition) is 2. The van der Waals surface area contributed by atoms with Crippen LogP contribution in [-0.4, -0.2) is 27.3 Å². The highest BCUT2D eigenvalue weighted by molar-refractivity contribution is 5.80. The minimum absolute atomic E-state index is 0.0801. The Bertz CT molecular complexity index is 787. The molecule has 0 aliphatic rings. The predicted molar refractivity (Wildman–Crippen MR) is 86.1 cm³/mol. The summed E-state index contributed by atoms with van der Waals surface area (Å²) in [7, 11) is 0. The number of ether oxygens (including phenoxy) is 2. The van der Waals surface area contributed by atoms with E-state index in [1.165, 1.54) is 48.5 Å². The zero-order valence-corrected chi connectivity index (χ0v) is 13.3. The van der Waals surface area contributed by atoms with Gasteiger partial charge in [-0.25, -0.2) is 0 Å². The van der Waals surface area contributed by atoms with E-state index in [1.54, 1.807) is 0 Å². The highest BCUT2D eigenvalue weighted by Crippen LogP contribution is 2.19. The molecule has 10 heteroatoms. The number of non-ortho nitro benzene ring substituents is 1. The molecule has 0 bridgehead atoms. The maximum absolute atomic E-state index is 11.7. The largest absolute Gasteiger partial charge is 0.427 e. The molecule has 26 heavy (non-hydrogen) atoms. The minimum atomic E-state index is -0.692. The molecule has 0 aliphatic carbocycles. The lowest BCUT2D eigenvalue weighted by Gasteiger charge is -2.09. The zero-order valence-electron chi connectivity index (χ0n) is 13.3. The number of nitro benzene ring substituents is 1. The Morgan fingerprint density at radius 1 is 0.885 bits per heavy atom. The molecule has 0 unspecified atom stereocenters. The topological polar surface area (TPSA) is 139 Å². The lowest BCUT2D eigenvalue weighted by atomic mass is 10.3. The Kier molecular flexibility index (Phi) is 6.20. The Morgan fingerprint density at radius 2 is 1.31 bits per heavy atom. The molecule has 0 fully saturated rings. The van der Waals surface area contributed by atoms with E-state index in [-0.39, 0.29) is 40.9 Å². The first kappa shape index (κ1) is 18.8. The van der Waals surface area contributed by atoms with Gasteiger partial charge in [-0.15, -0.1) is 5.23 Å². The number of nitro groups is 1. The van der Waals surface area contributed by atoms with Crippen molar-refractivity contribution >= 4 is 23.3 Å². The fraction of sp³-hybridized carbons (Fsp3) is 0.125. The smallest absolute Gasteiger partial charge is 0.311 e. The molecule has 0 aromatic heterocycles. The maximum atomic E-state index is 11.7.